The van der Waals surface area contributed by atoms with Gasteiger partial charge < -0.3 is 9.47 Å². The van der Waals surface area contributed by atoms with Gasteiger partial charge in [-0.15, -0.1) is 0 Å². The third kappa shape index (κ3) is 5.35. The summed E-state index contributed by atoms with van der Waals surface area (Å²) < 4.78 is 66.5. The molecule has 0 atom stereocenters. The standard InChI is InChI=1S/C25H16F4O4/c1-3-21(30)32-17-9-5-15(6-10-17)19-13-14-20(24(26)23(19)25(27,28)29)16-7-11-18(12-8-16)33-22(31)4-2/h3-14H,1-2H2. The largest absolute Gasteiger partial charge is 0.423 e. The van der Waals surface area contributed by atoms with Crippen LogP contribution in [0.4, 0.5) is 17.6 Å². The first kappa shape index (κ1) is 23.5. The maximum atomic E-state index is 15.2. The molecule has 0 N–H and O–H groups in total. The van der Waals surface area contributed by atoms with Gasteiger partial charge in [-0.2, -0.15) is 13.2 Å². The maximum Gasteiger partial charge on any atom is 0.419 e. The number of hydrogen-bond donors (Lipinski definition) is 0. The fourth-order valence-corrected chi connectivity index (χ4v) is 3.04. The number of benzene rings is 3. The zero-order valence-electron chi connectivity index (χ0n) is 17.0. The molecule has 3 rings (SSSR count). The van der Waals surface area contributed by atoms with Crippen molar-refractivity contribution in [2.24, 2.45) is 0 Å². The van der Waals surface area contributed by atoms with Gasteiger partial charge in [-0.25, -0.2) is 14.0 Å². The number of hydrogen-bond acceptors (Lipinski definition) is 4. The van der Waals surface area contributed by atoms with Gasteiger partial charge in [0.25, 0.3) is 0 Å². The predicted octanol–water partition coefficient (Wildman–Crippen LogP) is 6.36. The summed E-state index contributed by atoms with van der Waals surface area (Å²) >= 11 is 0. The van der Waals surface area contributed by atoms with Crippen LogP contribution >= 0.6 is 0 Å². The highest BCUT2D eigenvalue weighted by Crippen LogP contribution is 2.42. The Labute approximate surface area is 186 Å². The molecule has 0 heterocycles. The van der Waals surface area contributed by atoms with E-state index in [0.29, 0.717) is 0 Å². The second-order valence-corrected chi connectivity index (χ2v) is 6.65. The molecule has 8 heteroatoms. The zero-order chi connectivity index (χ0) is 24.2. The average molecular weight is 456 g/mol. The van der Waals surface area contributed by atoms with Gasteiger partial charge >= 0.3 is 18.1 Å². The summed E-state index contributed by atoms with van der Waals surface area (Å²) in [6.07, 6.45) is -3.08. The van der Waals surface area contributed by atoms with Gasteiger partial charge in [0.15, 0.2) is 0 Å². The van der Waals surface area contributed by atoms with Gasteiger partial charge in [0, 0.05) is 17.7 Å². The Morgan fingerprint density at radius 2 is 1.09 bits per heavy atom. The SMILES string of the molecule is C=CC(=O)Oc1ccc(-c2ccc(-c3ccc(OC(=O)C=C)cc3)c(C(F)(F)F)c2F)cc1. The summed E-state index contributed by atoms with van der Waals surface area (Å²) in [5, 5.41) is 0. The quantitative estimate of drug-likeness (QED) is 0.187. The molecule has 0 saturated carbocycles. The first-order valence-electron chi connectivity index (χ1n) is 9.43. The fourth-order valence-electron chi connectivity index (χ4n) is 3.04. The number of carbonyl (C=O) groups excluding carboxylic acids is 2. The van der Waals surface area contributed by atoms with E-state index in [0.717, 1.165) is 18.2 Å². The van der Waals surface area contributed by atoms with Crippen LogP contribution in [0.2, 0.25) is 0 Å². The number of carbonyl (C=O) groups is 2. The lowest BCUT2D eigenvalue weighted by Crippen LogP contribution is -2.11. The summed E-state index contributed by atoms with van der Waals surface area (Å²) in [4.78, 5) is 22.5. The lowest BCUT2D eigenvalue weighted by Gasteiger charge is -2.17. The van der Waals surface area contributed by atoms with E-state index in [2.05, 4.69) is 13.2 Å². The van der Waals surface area contributed by atoms with Crippen molar-refractivity contribution in [2.75, 3.05) is 0 Å². The Kier molecular flexibility index (Phi) is 6.77. The van der Waals surface area contributed by atoms with Crippen LogP contribution in [0.5, 0.6) is 11.5 Å². The first-order valence-corrected chi connectivity index (χ1v) is 9.43. The second-order valence-electron chi connectivity index (χ2n) is 6.65. The van der Waals surface area contributed by atoms with E-state index in [-0.39, 0.29) is 33.8 Å². The van der Waals surface area contributed by atoms with Crippen LogP contribution in [-0.2, 0) is 15.8 Å². The highest BCUT2D eigenvalue weighted by atomic mass is 19.4. The van der Waals surface area contributed by atoms with E-state index in [9.17, 15) is 22.8 Å². The van der Waals surface area contributed by atoms with E-state index in [1.165, 1.54) is 54.6 Å². The zero-order valence-corrected chi connectivity index (χ0v) is 17.0. The van der Waals surface area contributed by atoms with Crippen molar-refractivity contribution in [3.8, 4) is 33.8 Å². The van der Waals surface area contributed by atoms with Crippen molar-refractivity contribution >= 4 is 11.9 Å². The average Bonchev–Trinajstić information content (AvgIpc) is 2.79. The molecule has 0 aromatic heterocycles. The van der Waals surface area contributed by atoms with Crippen LogP contribution in [0.15, 0.2) is 86.0 Å². The molecule has 0 amide bonds. The van der Waals surface area contributed by atoms with Gasteiger partial charge in [0.2, 0.25) is 0 Å². The number of esters is 2. The number of alkyl halides is 3. The normalized spacial score (nSPS) is 10.9. The summed E-state index contributed by atoms with van der Waals surface area (Å²) in [6, 6.07) is 12.9. The molecule has 0 aliphatic carbocycles. The molecule has 0 aliphatic rings. The van der Waals surface area contributed by atoms with E-state index in [1.807, 2.05) is 0 Å². The third-order valence-electron chi connectivity index (χ3n) is 4.53. The number of ether oxygens (including phenoxy) is 2. The van der Waals surface area contributed by atoms with Crippen molar-refractivity contribution in [1.29, 1.82) is 0 Å². The van der Waals surface area contributed by atoms with Crippen LogP contribution < -0.4 is 9.47 Å². The highest BCUT2D eigenvalue weighted by molar-refractivity contribution is 5.84. The van der Waals surface area contributed by atoms with Crippen molar-refractivity contribution in [1.82, 2.24) is 0 Å². The van der Waals surface area contributed by atoms with E-state index < -0.39 is 29.5 Å². The first-order chi connectivity index (χ1) is 15.6. The molecule has 0 radical (unpaired) electrons. The Morgan fingerprint density at radius 3 is 1.48 bits per heavy atom. The maximum absolute atomic E-state index is 15.2. The molecule has 168 valence electrons. The molecule has 0 spiro atoms. The Morgan fingerprint density at radius 1 is 0.697 bits per heavy atom. The molecule has 0 bridgehead atoms. The van der Waals surface area contributed by atoms with Crippen molar-refractivity contribution in [3.63, 3.8) is 0 Å². The minimum Gasteiger partial charge on any atom is -0.423 e. The molecular formula is C25H16F4O4. The summed E-state index contributed by atoms with van der Waals surface area (Å²) in [6.45, 7) is 6.52. The van der Waals surface area contributed by atoms with Gasteiger partial charge in [0.05, 0.1) is 5.56 Å². The number of rotatable bonds is 6. The summed E-state index contributed by atoms with van der Waals surface area (Å²) in [5.74, 6) is -2.64. The molecule has 0 fully saturated rings. The Hall–Kier alpha value is -4.20. The van der Waals surface area contributed by atoms with Crippen molar-refractivity contribution in [3.05, 3.63) is 97.4 Å². The fraction of sp³-hybridized carbons (Fsp3) is 0.0400. The molecular weight excluding hydrogens is 440 g/mol. The topological polar surface area (TPSA) is 52.6 Å². The Balaban J connectivity index is 2.02. The predicted molar refractivity (Wildman–Crippen MR) is 114 cm³/mol. The van der Waals surface area contributed by atoms with Gasteiger partial charge in [-0.1, -0.05) is 49.6 Å². The van der Waals surface area contributed by atoms with Crippen molar-refractivity contribution < 1.29 is 36.6 Å². The van der Waals surface area contributed by atoms with Gasteiger partial charge in [0.1, 0.15) is 17.3 Å². The molecule has 33 heavy (non-hydrogen) atoms. The minimum absolute atomic E-state index is 0.0814. The summed E-state index contributed by atoms with van der Waals surface area (Å²) in [5.41, 5.74) is -1.84. The highest BCUT2D eigenvalue weighted by Gasteiger charge is 2.38. The summed E-state index contributed by atoms with van der Waals surface area (Å²) in [7, 11) is 0. The van der Waals surface area contributed by atoms with Crippen molar-refractivity contribution in [2.45, 2.75) is 6.18 Å². The minimum atomic E-state index is -4.98. The van der Waals surface area contributed by atoms with Crippen LogP contribution in [0.1, 0.15) is 5.56 Å². The molecule has 0 aliphatic heterocycles. The molecule has 0 saturated heterocycles. The monoisotopic (exact) mass is 456 g/mol. The van der Waals surface area contributed by atoms with Crippen LogP contribution in [0.3, 0.4) is 0 Å². The molecule has 3 aromatic rings. The van der Waals surface area contributed by atoms with Crippen LogP contribution in [-0.4, -0.2) is 11.9 Å². The van der Waals surface area contributed by atoms with E-state index in [1.54, 1.807) is 0 Å². The van der Waals surface area contributed by atoms with Crippen LogP contribution in [0, 0.1) is 5.82 Å². The van der Waals surface area contributed by atoms with Crippen LogP contribution in [0.25, 0.3) is 22.3 Å². The lowest BCUT2D eigenvalue weighted by atomic mass is 9.93. The third-order valence-corrected chi connectivity index (χ3v) is 4.53. The van der Waals surface area contributed by atoms with Gasteiger partial charge in [-0.3, -0.25) is 0 Å². The molecule has 0 unspecified atom stereocenters. The second kappa shape index (κ2) is 9.52. The molecule has 3 aromatic carbocycles. The van der Waals surface area contributed by atoms with E-state index >= 15 is 4.39 Å². The molecule has 4 nitrogen and oxygen atoms in total. The Bertz CT molecular complexity index is 1210. The number of halogens is 4. The van der Waals surface area contributed by atoms with E-state index in [4.69, 9.17) is 9.47 Å². The smallest absolute Gasteiger partial charge is 0.419 e. The van der Waals surface area contributed by atoms with Gasteiger partial charge in [-0.05, 0) is 41.0 Å². The lowest BCUT2D eigenvalue weighted by molar-refractivity contribution is -0.139.